The molecule has 3 amide bonds. The van der Waals surface area contributed by atoms with Crippen LogP contribution in [-0.2, 0) is 25.6 Å². The quantitative estimate of drug-likeness (QED) is 0.135. The summed E-state index contributed by atoms with van der Waals surface area (Å²) in [5.74, 6) is -3.64. The summed E-state index contributed by atoms with van der Waals surface area (Å²) in [6.45, 7) is 5.14. The largest absolute Gasteiger partial charge is 0.508 e. The van der Waals surface area contributed by atoms with Crippen LogP contribution in [0.1, 0.15) is 45.6 Å². The molecular formula is C24H39N5O7. The van der Waals surface area contributed by atoms with E-state index in [-0.39, 0.29) is 24.5 Å². The Kier molecular flexibility index (Phi) is 12.9. The van der Waals surface area contributed by atoms with Gasteiger partial charge >= 0.3 is 5.97 Å². The highest BCUT2D eigenvalue weighted by Gasteiger charge is 2.32. The van der Waals surface area contributed by atoms with Crippen LogP contribution in [0.15, 0.2) is 24.3 Å². The van der Waals surface area contributed by atoms with Gasteiger partial charge in [-0.05, 0) is 56.3 Å². The average Bonchev–Trinajstić information content (AvgIpc) is 2.81. The number of carbonyl (C=O) groups excluding carboxylic acids is 3. The average molecular weight is 510 g/mol. The maximum atomic E-state index is 13.0. The Hall–Kier alpha value is -3.22. The number of aliphatic carboxylic acids is 1. The van der Waals surface area contributed by atoms with Gasteiger partial charge in [0.1, 0.15) is 23.9 Å². The van der Waals surface area contributed by atoms with Crippen molar-refractivity contribution in [1.82, 2.24) is 16.0 Å². The number of hydrogen-bond acceptors (Lipinski definition) is 8. The van der Waals surface area contributed by atoms with Crippen LogP contribution in [0, 0.1) is 5.92 Å². The number of rotatable bonds is 15. The summed E-state index contributed by atoms with van der Waals surface area (Å²) >= 11 is 0. The van der Waals surface area contributed by atoms with E-state index in [1.165, 1.54) is 31.2 Å². The minimum Gasteiger partial charge on any atom is -0.508 e. The zero-order valence-corrected chi connectivity index (χ0v) is 20.9. The molecule has 0 saturated carbocycles. The van der Waals surface area contributed by atoms with E-state index in [1.54, 1.807) is 13.8 Å². The number of phenols is 1. The third kappa shape index (κ3) is 10.2. The van der Waals surface area contributed by atoms with Crippen molar-refractivity contribution in [2.45, 2.75) is 76.7 Å². The van der Waals surface area contributed by atoms with E-state index in [1.807, 2.05) is 0 Å². The molecule has 0 aliphatic heterocycles. The second-order valence-electron chi connectivity index (χ2n) is 9.11. The zero-order chi connectivity index (χ0) is 27.4. The normalized spacial score (nSPS) is 15.3. The van der Waals surface area contributed by atoms with Crippen molar-refractivity contribution >= 4 is 23.7 Å². The first-order valence-electron chi connectivity index (χ1n) is 11.9. The summed E-state index contributed by atoms with van der Waals surface area (Å²) < 4.78 is 0. The number of carbonyl (C=O) groups is 4. The maximum Gasteiger partial charge on any atom is 0.326 e. The molecule has 12 heteroatoms. The molecule has 12 nitrogen and oxygen atoms in total. The second kappa shape index (κ2) is 15.0. The number of aromatic hydroxyl groups is 1. The Balaban J connectivity index is 3.00. The number of nitrogens with two attached hydrogens (primary N) is 2. The van der Waals surface area contributed by atoms with Crippen LogP contribution in [0.5, 0.6) is 5.75 Å². The summed E-state index contributed by atoms with van der Waals surface area (Å²) in [7, 11) is 0. The molecule has 1 aromatic carbocycles. The Morgan fingerprint density at radius 1 is 0.889 bits per heavy atom. The zero-order valence-electron chi connectivity index (χ0n) is 20.9. The highest BCUT2D eigenvalue weighted by atomic mass is 16.4. The van der Waals surface area contributed by atoms with Crippen molar-refractivity contribution in [1.29, 1.82) is 0 Å². The number of nitrogens with one attached hydrogen (secondary N) is 3. The van der Waals surface area contributed by atoms with Gasteiger partial charge in [-0.1, -0.05) is 26.0 Å². The van der Waals surface area contributed by atoms with Gasteiger partial charge in [0, 0.05) is 6.42 Å². The highest BCUT2D eigenvalue weighted by molar-refractivity contribution is 5.94. The minimum absolute atomic E-state index is 0.0199. The fourth-order valence-electron chi connectivity index (χ4n) is 3.32. The van der Waals surface area contributed by atoms with Gasteiger partial charge in [-0.25, -0.2) is 4.79 Å². The Labute approximate surface area is 210 Å². The van der Waals surface area contributed by atoms with Crippen molar-refractivity contribution < 1.29 is 34.5 Å². The van der Waals surface area contributed by atoms with E-state index >= 15 is 0 Å². The molecule has 0 saturated heterocycles. The Bertz CT molecular complexity index is 876. The monoisotopic (exact) mass is 509 g/mol. The van der Waals surface area contributed by atoms with Crippen molar-refractivity contribution in [3.63, 3.8) is 0 Å². The van der Waals surface area contributed by atoms with Gasteiger partial charge in [0.15, 0.2) is 0 Å². The fourth-order valence-corrected chi connectivity index (χ4v) is 3.32. The molecule has 1 rings (SSSR count). The Morgan fingerprint density at radius 3 is 1.97 bits per heavy atom. The predicted octanol–water partition coefficient (Wildman–Crippen LogP) is -1.03. The summed E-state index contributed by atoms with van der Waals surface area (Å²) in [5.41, 5.74) is 11.9. The maximum absolute atomic E-state index is 13.0. The Morgan fingerprint density at radius 2 is 1.47 bits per heavy atom. The second-order valence-corrected chi connectivity index (χ2v) is 9.11. The first kappa shape index (κ1) is 30.8. The van der Waals surface area contributed by atoms with Gasteiger partial charge < -0.3 is 42.7 Å². The van der Waals surface area contributed by atoms with Crippen LogP contribution in [0.2, 0.25) is 0 Å². The molecule has 1 aromatic rings. The van der Waals surface area contributed by atoms with Crippen LogP contribution >= 0.6 is 0 Å². The number of aliphatic hydroxyl groups is 1. The molecule has 0 radical (unpaired) electrons. The standard InChI is InChI=1S/C24H39N5O7/c1-13(2)19(26)22(33)29-20(14(3)30)23(34)27-17(6-4-5-11-25)21(32)28-18(24(35)36)12-15-7-9-16(31)10-8-15/h7-10,13-14,17-20,30-31H,4-6,11-12,25-26H2,1-3H3,(H,27,34)(H,28,32)(H,29,33)(H,35,36). The number of benzene rings is 1. The topological polar surface area (TPSA) is 217 Å². The predicted molar refractivity (Wildman–Crippen MR) is 133 cm³/mol. The van der Waals surface area contributed by atoms with Crippen LogP contribution in [0.4, 0.5) is 0 Å². The molecule has 0 spiro atoms. The van der Waals surface area contributed by atoms with E-state index < -0.39 is 54.0 Å². The van der Waals surface area contributed by atoms with Crippen LogP contribution < -0.4 is 27.4 Å². The van der Waals surface area contributed by atoms with E-state index in [0.717, 1.165) is 0 Å². The highest BCUT2D eigenvalue weighted by Crippen LogP contribution is 2.12. The molecule has 10 N–H and O–H groups in total. The number of hydrogen-bond donors (Lipinski definition) is 8. The molecule has 202 valence electrons. The molecule has 36 heavy (non-hydrogen) atoms. The molecule has 5 unspecified atom stereocenters. The number of unbranched alkanes of at least 4 members (excludes halogenated alkanes) is 1. The lowest BCUT2D eigenvalue weighted by molar-refractivity contribution is -0.142. The molecule has 0 bridgehead atoms. The molecule has 5 atom stereocenters. The van der Waals surface area contributed by atoms with E-state index in [0.29, 0.717) is 24.9 Å². The number of carboxylic acid groups (broad SMARTS) is 1. The number of phenolic OH excluding ortho intramolecular Hbond substituents is 1. The van der Waals surface area contributed by atoms with E-state index in [4.69, 9.17) is 11.5 Å². The van der Waals surface area contributed by atoms with Crippen molar-refractivity contribution in [2.24, 2.45) is 17.4 Å². The fraction of sp³-hybridized carbons (Fsp3) is 0.583. The van der Waals surface area contributed by atoms with E-state index in [2.05, 4.69) is 16.0 Å². The summed E-state index contributed by atoms with van der Waals surface area (Å²) in [4.78, 5) is 50.1. The van der Waals surface area contributed by atoms with Gasteiger partial charge in [-0.3, -0.25) is 14.4 Å². The van der Waals surface area contributed by atoms with Gasteiger partial charge in [0.05, 0.1) is 12.1 Å². The lowest BCUT2D eigenvalue weighted by Crippen LogP contribution is -2.60. The third-order valence-corrected chi connectivity index (χ3v) is 5.65. The lowest BCUT2D eigenvalue weighted by atomic mass is 10.0. The summed E-state index contributed by atoms with van der Waals surface area (Å²) in [5, 5.41) is 36.5. The summed E-state index contributed by atoms with van der Waals surface area (Å²) in [6, 6.07) is 1.17. The number of amides is 3. The SMILES string of the molecule is CC(C)C(N)C(=O)NC(C(=O)NC(CCCCN)C(=O)NC(Cc1ccc(O)cc1)C(=O)O)C(C)O. The molecule has 0 aliphatic carbocycles. The smallest absolute Gasteiger partial charge is 0.326 e. The molecule has 0 fully saturated rings. The first-order valence-corrected chi connectivity index (χ1v) is 11.9. The third-order valence-electron chi connectivity index (χ3n) is 5.65. The minimum atomic E-state index is -1.38. The van der Waals surface area contributed by atoms with Crippen LogP contribution in [-0.4, -0.2) is 75.8 Å². The first-order chi connectivity index (χ1) is 16.9. The van der Waals surface area contributed by atoms with Crippen LogP contribution in [0.3, 0.4) is 0 Å². The van der Waals surface area contributed by atoms with Gasteiger partial charge in [-0.15, -0.1) is 0 Å². The van der Waals surface area contributed by atoms with Gasteiger partial charge in [-0.2, -0.15) is 0 Å². The van der Waals surface area contributed by atoms with Crippen molar-refractivity contribution in [3.05, 3.63) is 29.8 Å². The lowest BCUT2D eigenvalue weighted by Gasteiger charge is -2.27. The van der Waals surface area contributed by atoms with Crippen molar-refractivity contribution in [3.8, 4) is 5.75 Å². The van der Waals surface area contributed by atoms with Crippen LogP contribution in [0.25, 0.3) is 0 Å². The molecule has 0 heterocycles. The molecule has 0 aliphatic rings. The number of carboxylic acids is 1. The van der Waals surface area contributed by atoms with Gasteiger partial charge in [0.2, 0.25) is 17.7 Å². The molecular weight excluding hydrogens is 470 g/mol. The summed E-state index contributed by atoms with van der Waals surface area (Å²) in [6.07, 6.45) is -0.150. The van der Waals surface area contributed by atoms with Gasteiger partial charge in [0.25, 0.3) is 0 Å². The number of aliphatic hydroxyl groups excluding tert-OH is 1. The van der Waals surface area contributed by atoms with Crippen molar-refractivity contribution in [2.75, 3.05) is 6.54 Å². The molecule has 0 aromatic heterocycles. The van der Waals surface area contributed by atoms with E-state index in [9.17, 15) is 34.5 Å².